The average molecular weight is 547 g/mol. The van der Waals surface area contributed by atoms with Crippen molar-refractivity contribution in [2.24, 2.45) is 0 Å². The van der Waals surface area contributed by atoms with Gasteiger partial charge in [-0.3, -0.25) is 0 Å². The van der Waals surface area contributed by atoms with Gasteiger partial charge in [0.2, 0.25) is 0 Å². The largest absolute Gasteiger partial charge is 0.0616 e. The highest BCUT2D eigenvalue weighted by molar-refractivity contribution is 6.28. The van der Waals surface area contributed by atoms with Crippen LogP contribution in [-0.2, 0) is 5.41 Å². The van der Waals surface area contributed by atoms with Gasteiger partial charge in [0.15, 0.2) is 0 Å². The van der Waals surface area contributed by atoms with Gasteiger partial charge >= 0.3 is 0 Å². The molecule has 8 aromatic carbocycles. The van der Waals surface area contributed by atoms with Crippen molar-refractivity contribution in [1.29, 1.82) is 0 Å². The number of hydrogen-bond donors (Lipinski definition) is 0. The van der Waals surface area contributed by atoms with Crippen LogP contribution in [0.2, 0.25) is 0 Å². The molecule has 0 spiro atoms. The Balaban J connectivity index is 1.26. The molecule has 1 aliphatic rings. The summed E-state index contributed by atoms with van der Waals surface area (Å²) in [5.74, 6) is 0. The predicted molar refractivity (Wildman–Crippen MR) is 185 cm³/mol. The molecule has 0 saturated carbocycles. The average Bonchev–Trinajstić information content (AvgIpc) is 3.30. The van der Waals surface area contributed by atoms with E-state index in [0.29, 0.717) is 0 Å². The molecular formula is C43H30. The molecule has 0 unspecified atom stereocenters. The lowest BCUT2D eigenvalue weighted by molar-refractivity contribution is 0.661. The van der Waals surface area contributed by atoms with Gasteiger partial charge in [-0.05, 0) is 99.7 Å². The third kappa shape index (κ3) is 3.44. The number of benzene rings is 8. The summed E-state index contributed by atoms with van der Waals surface area (Å²) in [6.07, 6.45) is 0. The van der Waals surface area contributed by atoms with E-state index in [0.717, 1.165) is 0 Å². The molecule has 0 N–H and O–H groups in total. The minimum absolute atomic E-state index is 0.0259. The lowest BCUT2D eigenvalue weighted by atomic mass is 9.82. The molecule has 0 radical (unpaired) electrons. The summed E-state index contributed by atoms with van der Waals surface area (Å²) in [7, 11) is 0. The molecule has 0 bridgehead atoms. The van der Waals surface area contributed by atoms with Gasteiger partial charge in [0.05, 0.1) is 0 Å². The van der Waals surface area contributed by atoms with Crippen molar-refractivity contribution in [3.63, 3.8) is 0 Å². The van der Waals surface area contributed by atoms with Crippen LogP contribution in [0, 0.1) is 0 Å². The number of hydrogen-bond acceptors (Lipinski definition) is 0. The first-order valence-electron chi connectivity index (χ1n) is 15.2. The summed E-state index contributed by atoms with van der Waals surface area (Å²) in [5, 5.41) is 10.5. The summed E-state index contributed by atoms with van der Waals surface area (Å²) < 4.78 is 0. The summed E-state index contributed by atoms with van der Waals surface area (Å²) >= 11 is 0. The standard InChI is InChI=1S/C43H30/c1-43(2)39-23-22-29(26-38(39)42-31-14-4-3-11-27(31)21-24-40(42)43)28-12-9-13-30(25-28)32-19-10-20-37-35-16-6-5-15-33(35)34-17-7-8-18-36(34)41(32)37/h3-26H,1-2H3. The Hall–Kier alpha value is -5.20. The summed E-state index contributed by atoms with van der Waals surface area (Å²) in [6.45, 7) is 4.72. The van der Waals surface area contributed by atoms with Crippen molar-refractivity contribution in [1.82, 2.24) is 0 Å². The van der Waals surface area contributed by atoms with E-state index in [1.165, 1.54) is 87.6 Å². The van der Waals surface area contributed by atoms with Gasteiger partial charge in [0, 0.05) is 5.41 Å². The van der Waals surface area contributed by atoms with Gasteiger partial charge in [0.25, 0.3) is 0 Å². The lowest BCUT2D eigenvalue weighted by Crippen LogP contribution is -2.14. The molecular weight excluding hydrogens is 516 g/mol. The van der Waals surface area contributed by atoms with Crippen molar-refractivity contribution < 1.29 is 0 Å². The fourth-order valence-electron chi connectivity index (χ4n) is 7.77. The van der Waals surface area contributed by atoms with E-state index in [-0.39, 0.29) is 5.41 Å². The van der Waals surface area contributed by atoms with Crippen LogP contribution in [0.3, 0.4) is 0 Å². The topological polar surface area (TPSA) is 0 Å². The van der Waals surface area contributed by atoms with E-state index >= 15 is 0 Å². The van der Waals surface area contributed by atoms with E-state index < -0.39 is 0 Å². The molecule has 0 amide bonds. The first-order valence-corrected chi connectivity index (χ1v) is 15.2. The Bertz CT molecular complexity index is 2380. The number of fused-ring (bicyclic) bond motifs is 11. The highest BCUT2D eigenvalue weighted by Crippen LogP contribution is 2.52. The van der Waals surface area contributed by atoms with E-state index in [4.69, 9.17) is 0 Å². The second-order valence-electron chi connectivity index (χ2n) is 12.5. The fraction of sp³-hybridized carbons (Fsp3) is 0.0698. The van der Waals surface area contributed by atoms with Gasteiger partial charge in [-0.1, -0.05) is 147 Å². The van der Waals surface area contributed by atoms with E-state index in [2.05, 4.69) is 159 Å². The Labute approximate surface area is 251 Å². The maximum absolute atomic E-state index is 2.43. The van der Waals surface area contributed by atoms with Crippen LogP contribution in [0.1, 0.15) is 25.0 Å². The Kier molecular flexibility index (Phi) is 5.05. The monoisotopic (exact) mass is 546 g/mol. The smallest absolute Gasteiger partial charge is 0.0159 e. The van der Waals surface area contributed by atoms with E-state index in [9.17, 15) is 0 Å². The van der Waals surface area contributed by atoms with Crippen LogP contribution in [0.5, 0.6) is 0 Å². The van der Waals surface area contributed by atoms with Crippen molar-refractivity contribution in [3.05, 3.63) is 157 Å². The third-order valence-electron chi connectivity index (χ3n) is 9.84. The molecule has 0 nitrogen and oxygen atoms in total. The second-order valence-corrected chi connectivity index (χ2v) is 12.5. The molecule has 0 aliphatic heterocycles. The predicted octanol–water partition coefficient (Wildman–Crippen LogP) is 11.9. The van der Waals surface area contributed by atoms with Gasteiger partial charge in [-0.15, -0.1) is 0 Å². The molecule has 0 fully saturated rings. The van der Waals surface area contributed by atoms with Crippen LogP contribution in [0.25, 0.3) is 76.5 Å². The van der Waals surface area contributed by atoms with Crippen LogP contribution >= 0.6 is 0 Å². The molecule has 0 atom stereocenters. The second kappa shape index (κ2) is 8.90. The minimum atomic E-state index is -0.0259. The Morgan fingerprint density at radius 2 is 0.930 bits per heavy atom. The summed E-state index contributed by atoms with van der Waals surface area (Å²) in [5.41, 5.74) is 10.6. The molecule has 9 rings (SSSR count). The zero-order valence-electron chi connectivity index (χ0n) is 24.4. The number of rotatable bonds is 2. The summed E-state index contributed by atoms with van der Waals surface area (Å²) in [4.78, 5) is 0. The summed E-state index contributed by atoms with van der Waals surface area (Å²) in [6, 6.07) is 54.1. The zero-order chi connectivity index (χ0) is 28.7. The van der Waals surface area contributed by atoms with Crippen molar-refractivity contribution in [2.75, 3.05) is 0 Å². The quantitative estimate of drug-likeness (QED) is 0.189. The first-order chi connectivity index (χ1) is 21.1. The fourth-order valence-corrected chi connectivity index (χ4v) is 7.77. The minimum Gasteiger partial charge on any atom is -0.0616 e. The van der Waals surface area contributed by atoms with Crippen LogP contribution in [0.4, 0.5) is 0 Å². The third-order valence-corrected chi connectivity index (χ3v) is 9.84. The van der Waals surface area contributed by atoms with Crippen molar-refractivity contribution in [2.45, 2.75) is 19.3 Å². The maximum Gasteiger partial charge on any atom is 0.0159 e. The van der Waals surface area contributed by atoms with Crippen LogP contribution < -0.4 is 0 Å². The van der Waals surface area contributed by atoms with E-state index in [1.54, 1.807) is 0 Å². The molecule has 0 heterocycles. The van der Waals surface area contributed by atoms with Gasteiger partial charge in [0.1, 0.15) is 0 Å². The molecule has 0 heteroatoms. The molecule has 202 valence electrons. The zero-order valence-corrected chi connectivity index (χ0v) is 24.4. The highest BCUT2D eigenvalue weighted by atomic mass is 14.4. The SMILES string of the molecule is CC1(C)c2ccc(-c3cccc(-c4cccc5c6ccccc6c6ccccc6c45)c3)cc2-c2c1ccc1ccccc21. The normalized spacial score (nSPS) is 13.5. The first kappa shape index (κ1) is 24.4. The van der Waals surface area contributed by atoms with Gasteiger partial charge in [-0.25, -0.2) is 0 Å². The van der Waals surface area contributed by atoms with Crippen molar-refractivity contribution >= 4 is 43.1 Å². The van der Waals surface area contributed by atoms with Crippen LogP contribution in [0.15, 0.2) is 146 Å². The van der Waals surface area contributed by atoms with Gasteiger partial charge in [-0.2, -0.15) is 0 Å². The molecule has 43 heavy (non-hydrogen) atoms. The molecule has 0 saturated heterocycles. The maximum atomic E-state index is 2.43. The highest BCUT2D eigenvalue weighted by Gasteiger charge is 2.36. The molecule has 0 aromatic heterocycles. The molecule has 8 aromatic rings. The van der Waals surface area contributed by atoms with Gasteiger partial charge < -0.3 is 0 Å². The van der Waals surface area contributed by atoms with E-state index in [1.807, 2.05) is 0 Å². The Morgan fingerprint density at radius 1 is 0.372 bits per heavy atom. The molecule has 1 aliphatic carbocycles. The van der Waals surface area contributed by atoms with Crippen LogP contribution in [-0.4, -0.2) is 0 Å². The van der Waals surface area contributed by atoms with Crippen molar-refractivity contribution in [3.8, 4) is 33.4 Å². The Morgan fingerprint density at radius 3 is 1.70 bits per heavy atom. The lowest BCUT2D eigenvalue weighted by Gasteiger charge is -2.21.